The second-order valence-electron chi connectivity index (χ2n) is 16.1. The van der Waals surface area contributed by atoms with Crippen molar-refractivity contribution in [3.05, 3.63) is 65.8 Å². The molecule has 0 spiro atoms. The van der Waals surface area contributed by atoms with Gasteiger partial charge in [0.05, 0.1) is 23.9 Å². The maximum Gasteiger partial charge on any atom is 0.420 e. The highest BCUT2D eigenvalue weighted by Crippen LogP contribution is 2.38. The number of cyclic esters (lactones) is 1. The smallest absolute Gasteiger partial charge is 0.420 e. The van der Waals surface area contributed by atoms with Gasteiger partial charge in [-0.1, -0.05) is 38.8 Å². The molecule has 2 aliphatic heterocycles. The molecule has 1 fully saturated rings. The van der Waals surface area contributed by atoms with Gasteiger partial charge in [0.25, 0.3) is 0 Å². The topological polar surface area (TPSA) is 162 Å². The summed E-state index contributed by atoms with van der Waals surface area (Å²) in [6.07, 6.45) is 6.38. The number of terminal acetylenes is 1. The number of methoxy groups -OCH3 is 1. The Morgan fingerprint density at radius 1 is 1.10 bits per heavy atom. The highest BCUT2D eigenvalue weighted by molar-refractivity contribution is 6.00. The second-order valence-corrected chi connectivity index (χ2v) is 16.1. The minimum atomic E-state index is -1.62. The fourth-order valence-corrected chi connectivity index (χ4v) is 8.14. The van der Waals surface area contributed by atoms with Crippen LogP contribution < -0.4 is 0 Å². The number of carbonyl (C=O) groups is 5. The van der Waals surface area contributed by atoms with E-state index < -0.39 is 77.4 Å². The molecule has 0 radical (unpaired) electrons. The summed E-state index contributed by atoms with van der Waals surface area (Å²) in [5.41, 5.74) is -0.956. The number of esters is 2. The molecule has 1 saturated heterocycles. The first-order chi connectivity index (χ1) is 27.3. The number of rotatable bonds is 9. The standard InChI is InChI=1S/C44H59N3O11/c1-13-32-15-17-33(18-16-32)24-46(11)34-21-28(5)54-41(38(34)55-31(8)48)57-39-29(6)37(50)30(7)40(51)56-35(14-2)43(9,58-42(52)47-20-19-45-25-47)22-26(3)36(49)27(4)23-44(39,10)53-12/h1,15-20,22,25,27-30,34-35,38-39,41H,14,21,23-24H2,2-12H3/t27-,28-,29+,30-,34+,35-,38+,39-,41+,43+,44-/m1/s1. The Kier molecular flexibility index (Phi) is 15.4. The molecule has 316 valence electrons. The van der Waals surface area contributed by atoms with Crippen molar-refractivity contribution in [2.45, 2.75) is 136 Å². The van der Waals surface area contributed by atoms with Crippen molar-refractivity contribution < 1.29 is 52.4 Å². The number of ketones is 2. The fraction of sp³-hybridized carbons (Fsp3) is 0.591. The maximum absolute atomic E-state index is 14.5. The third-order valence-electron chi connectivity index (χ3n) is 11.4. The van der Waals surface area contributed by atoms with Crippen molar-refractivity contribution in [2.75, 3.05) is 14.2 Å². The van der Waals surface area contributed by atoms with Gasteiger partial charge in [0.15, 0.2) is 29.6 Å². The van der Waals surface area contributed by atoms with Crippen molar-refractivity contribution in [3.63, 3.8) is 0 Å². The quantitative estimate of drug-likeness (QED) is 0.132. The van der Waals surface area contributed by atoms with Gasteiger partial charge < -0.3 is 28.4 Å². The van der Waals surface area contributed by atoms with E-state index >= 15 is 0 Å². The second kappa shape index (κ2) is 19.4. The van der Waals surface area contributed by atoms with E-state index in [4.69, 9.17) is 34.8 Å². The summed E-state index contributed by atoms with van der Waals surface area (Å²) in [7, 11) is 3.38. The van der Waals surface area contributed by atoms with Crippen LogP contribution in [0.2, 0.25) is 0 Å². The Labute approximate surface area is 341 Å². The number of nitrogens with zero attached hydrogens (tertiary/aromatic N) is 3. The van der Waals surface area contributed by atoms with E-state index in [1.807, 2.05) is 38.2 Å². The van der Waals surface area contributed by atoms with Gasteiger partial charge in [-0.2, -0.15) is 0 Å². The Morgan fingerprint density at radius 2 is 1.78 bits per heavy atom. The largest absolute Gasteiger partial charge is 0.457 e. The Morgan fingerprint density at radius 3 is 2.34 bits per heavy atom. The molecule has 58 heavy (non-hydrogen) atoms. The molecule has 0 unspecified atom stereocenters. The number of carbonyl (C=O) groups excluding carboxylic acids is 5. The minimum Gasteiger partial charge on any atom is -0.457 e. The Bertz CT molecular complexity index is 1850. The third-order valence-corrected chi connectivity index (χ3v) is 11.4. The summed E-state index contributed by atoms with van der Waals surface area (Å²) in [6.45, 7) is 15.1. The average Bonchev–Trinajstić information content (AvgIpc) is 3.74. The van der Waals surface area contributed by atoms with Gasteiger partial charge in [-0.3, -0.25) is 24.1 Å². The lowest BCUT2D eigenvalue weighted by molar-refractivity contribution is -0.298. The summed E-state index contributed by atoms with van der Waals surface area (Å²) in [5, 5.41) is 0. The lowest BCUT2D eigenvalue weighted by Gasteiger charge is -2.48. The Balaban J connectivity index is 1.76. The first kappa shape index (κ1) is 46.0. The van der Waals surface area contributed by atoms with E-state index in [1.54, 1.807) is 41.5 Å². The molecule has 0 amide bonds. The van der Waals surface area contributed by atoms with Crippen molar-refractivity contribution in [3.8, 4) is 12.3 Å². The molecule has 0 bridgehead atoms. The molecule has 2 aromatic rings. The van der Waals surface area contributed by atoms with Crippen LogP contribution in [0.1, 0.15) is 92.7 Å². The molecule has 2 aliphatic rings. The number of likely N-dealkylation sites (N-methyl/N-ethyl adjacent to an activating group) is 1. The number of hydrogen-bond acceptors (Lipinski definition) is 13. The summed E-state index contributed by atoms with van der Waals surface area (Å²) in [5.74, 6) is -2.65. The molecule has 11 atom stereocenters. The predicted molar refractivity (Wildman–Crippen MR) is 213 cm³/mol. The normalized spacial score (nSPS) is 32.7. The number of ether oxygens (including phenoxy) is 6. The van der Waals surface area contributed by atoms with Crippen molar-refractivity contribution >= 4 is 29.6 Å². The third kappa shape index (κ3) is 10.7. The molecule has 14 nitrogen and oxygen atoms in total. The van der Waals surface area contributed by atoms with Gasteiger partial charge in [0.1, 0.15) is 18.3 Å². The van der Waals surface area contributed by atoms with Crippen LogP contribution >= 0.6 is 0 Å². The summed E-state index contributed by atoms with van der Waals surface area (Å²) in [6, 6.07) is 7.23. The first-order valence-corrected chi connectivity index (χ1v) is 19.8. The lowest BCUT2D eigenvalue weighted by Crippen LogP contribution is -2.60. The van der Waals surface area contributed by atoms with Crippen LogP contribution in [-0.2, 0) is 54.1 Å². The average molecular weight is 806 g/mol. The molecule has 0 aliphatic carbocycles. The van der Waals surface area contributed by atoms with Crippen LogP contribution in [0.5, 0.6) is 0 Å². The molecule has 3 heterocycles. The van der Waals surface area contributed by atoms with E-state index in [2.05, 4.69) is 15.8 Å². The van der Waals surface area contributed by atoms with E-state index in [-0.39, 0.29) is 36.3 Å². The lowest BCUT2D eigenvalue weighted by atomic mass is 9.77. The van der Waals surface area contributed by atoms with Crippen molar-refractivity contribution in [2.24, 2.45) is 17.8 Å². The predicted octanol–water partition coefficient (Wildman–Crippen LogP) is 5.68. The summed E-state index contributed by atoms with van der Waals surface area (Å²) in [4.78, 5) is 74.4. The molecule has 14 heteroatoms. The molecule has 0 saturated carbocycles. The van der Waals surface area contributed by atoms with E-state index in [1.165, 1.54) is 45.8 Å². The zero-order chi connectivity index (χ0) is 43.1. The van der Waals surface area contributed by atoms with Crippen LogP contribution in [0.25, 0.3) is 0 Å². The number of allylic oxidation sites excluding steroid dienone is 1. The van der Waals surface area contributed by atoms with Crippen LogP contribution in [-0.4, -0.2) is 106 Å². The van der Waals surface area contributed by atoms with Crippen molar-refractivity contribution in [1.29, 1.82) is 0 Å². The molecule has 0 N–H and O–H groups in total. The van der Waals surface area contributed by atoms with E-state index in [0.29, 0.717) is 13.0 Å². The Hall–Kier alpha value is -4.68. The zero-order valence-electron chi connectivity index (χ0n) is 35.6. The first-order valence-electron chi connectivity index (χ1n) is 19.8. The number of aromatic nitrogens is 2. The highest BCUT2D eigenvalue weighted by atomic mass is 16.7. The van der Waals surface area contributed by atoms with Gasteiger partial charge in [0.2, 0.25) is 0 Å². The van der Waals surface area contributed by atoms with E-state index in [0.717, 1.165) is 15.7 Å². The maximum atomic E-state index is 14.5. The fourth-order valence-electron chi connectivity index (χ4n) is 8.14. The van der Waals surface area contributed by atoms with Crippen molar-refractivity contribution in [1.82, 2.24) is 14.5 Å². The van der Waals surface area contributed by atoms with Crippen LogP contribution in [0.4, 0.5) is 4.79 Å². The summed E-state index contributed by atoms with van der Waals surface area (Å²) < 4.78 is 38.4. The highest BCUT2D eigenvalue weighted by Gasteiger charge is 2.51. The molecule has 4 rings (SSSR count). The zero-order valence-corrected chi connectivity index (χ0v) is 35.6. The van der Waals surface area contributed by atoms with Gasteiger partial charge in [-0.25, -0.2) is 14.3 Å². The van der Waals surface area contributed by atoms with Gasteiger partial charge >= 0.3 is 18.0 Å². The summed E-state index contributed by atoms with van der Waals surface area (Å²) >= 11 is 0. The molecule has 1 aromatic heterocycles. The number of Topliss-reactive ketones (excluding diaryl/α,β-unsaturated/α-hetero) is 2. The van der Waals surface area contributed by atoms with Crippen LogP contribution in [0, 0.1) is 30.1 Å². The molecular weight excluding hydrogens is 746 g/mol. The van der Waals surface area contributed by atoms with Crippen LogP contribution in [0.15, 0.2) is 54.6 Å². The SMILES string of the molecule is C#Cc1ccc(CN(C)[C@H]2C[C@@H](C)O[C@@H](O[C@@H]3[C@@H](C)C(=O)[C@@H](C)C(=O)O[C@H](CC)[C@@](C)(OC(=O)n4ccnc4)C=C(C)C(=O)[C@H](C)C[C@@]3(C)OC)[C@H]2OC(C)=O)cc1. The number of hydrogen-bond donors (Lipinski definition) is 0. The van der Waals surface area contributed by atoms with Gasteiger partial charge in [-0.05, 0) is 90.3 Å². The molecule has 1 aromatic carbocycles. The van der Waals surface area contributed by atoms with Crippen LogP contribution in [0.3, 0.4) is 0 Å². The number of benzene rings is 1. The number of imidazole rings is 1. The van der Waals surface area contributed by atoms with Gasteiger partial charge in [-0.15, -0.1) is 6.42 Å². The minimum absolute atomic E-state index is 0.0643. The van der Waals surface area contributed by atoms with E-state index in [9.17, 15) is 24.0 Å². The monoisotopic (exact) mass is 805 g/mol. The molecular formula is C44H59N3O11. The van der Waals surface area contributed by atoms with Gasteiger partial charge in [0, 0.05) is 50.4 Å².